The van der Waals surface area contributed by atoms with E-state index < -0.39 is 23.5 Å². The highest BCUT2D eigenvalue weighted by molar-refractivity contribution is 5.89. The van der Waals surface area contributed by atoms with Crippen molar-refractivity contribution in [1.82, 2.24) is 10.2 Å². The topological polar surface area (TPSA) is 44.4 Å². The predicted molar refractivity (Wildman–Crippen MR) is 119 cm³/mol. The molecule has 7 heteroatoms. The molecular weight excluding hydrogens is 415 g/mol. The van der Waals surface area contributed by atoms with Crippen molar-refractivity contribution in [2.24, 2.45) is 0 Å². The Morgan fingerprint density at radius 1 is 0.844 bits per heavy atom. The summed E-state index contributed by atoms with van der Waals surface area (Å²) < 4.78 is 40.5. The van der Waals surface area contributed by atoms with Gasteiger partial charge in [-0.05, 0) is 59.9 Å². The minimum Gasteiger partial charge on any atom is -0.335 e. The molecule has 4 rings (SSSR count). The molecule has 0 radical (unpaired) electrons. The van der Waals surface area contributed by atoms with Crippen LogP contribution in [0.15, 0.2) is 66.7 Å². The third kappa shape index (κ3) is 5.48. The van der Waals surface area contributed by atoms with Crippen molar-refractivity contribution in [1.29, 1.82) is 0 Å². The minimum atomic E-state index is -0.860. The Morgan fingerprint density at radius 2 is 1.59 bits per heavy atom. The van der Waals surface area contributed by atoms with Crippen LogP contribution in [0.3, 0.4) is 0 Å². The molecule has 1 saturated heterocycles. The molecule has 1 fully saturated rings. The van der Waals surface area contributed by atoms with Crippen LogP contribution < -0.4 is 10.6 Å². The molecule has 1 heterocycles. The first-order chi connectivity index (χ1) is 15.5. The summed E-state index contributed by atoms with van der Waals surface area (Å²) >= 11 is 0. The number of halogens is 3. The lowest BCUT2D eigenvalue weighted by molar-refractivity contribution is 0.190. The van der Waals surface area contributed by atoms with E-state index in [0.29, 0.717) is 5.56 Å². The molecule has 3 aromatic rings. The minimum absolute atomic E-state index is 0.0200. The van der Waals surface area contributed by atoms with E-state index in [2.05, 4.69) is 15.5 Å². The fourth-order valence-electron chi connectivity index (χ4n) is 3.92. The van der Waals surface area contributed by atoms with Crippen LogP contribution in [-0.2, 0) is 6.54 Å². The van der Waals surface area contributed by atoms with Crippen LogP contribution in [0, 0.1) is 17.5 Å². The van der Waals surface area contributed by atoms with Gasteiger partial charge in [-0.15, -0.1) is 0 Å². The average molecular weight is 439 g/mol. The molecule has 32 heavy (non-hydrogen) atoms. The van der Waals surface area contributed by atoms with Crippen LogP contribution in [0.2, 0.25) is 0 Å². The molecule has 3 aromatic carbocycles. The first kappa shape index (κ1) is 21.9. The maximum absolute atomic E-state index is 13.7. The number of urea groups is 1. The van der Waals surface area contributed by atoms with Gasteiger partial charge >= 0.3 is 6.03 Å². The zero-order chi connectivity index (χ0) is 22.5. The first-order valence-corrected chi connectivity index (χ1v) is 10.6. The van der Waals surface area contributed by atoms with Crippen LogP contribution in [0.1, 0.15) is 18.4 Å². The Hall–Kier alpha value is -3.32. The summed E-state index contributed by atoms with van der Waals surface area (Å²) in [6.45, 7) is 2.34. The van der Waals surface area contributed by atoms with Crippen molar-refractivity contribution < 1.29 is 18.0 Å². The molecule has 0 saturated carbocycles. The molecule has 0 bridgehead atoms. The first-order valence-electron chi connectivity index (χ1n) is 10.6. The normalized spacial score (nSPS) is 14.8. The molecule has 0 spiro atoms. The van der Waals surface area contributed by atoms with Crippen LogP contribution in [0.4, 0.5) is 23.7 Å². The number of hydrogen-bond acceptors (Lipinski definition) is 2. The third-order valence-electron chi connectivity index (χ3n) is 5.63. The molecule has 0 aliphatic carbocycles. The molecule has 4 nitrogen and oxygen atoms in total. The van der Waals surface area contributed by atoms with E-state index in [1.807, 2.05) is 24.3 Å². The van der Waals surface area contributed by atoms with E-state index in [9.17, 15) is 18.0 Å². The molecule has 166 valence electrons. The van der Waals surface area contributed by atoms with Gasteiger partial charge in [0.1, 0.15) is 5.82 Å². The lowest BCUT2D eigenvalue weighted by atomic mass is 10.0. The smallest absolute Gasteiger partial charge is 0.319 e. The fraction of sp³-hybridized carbons (Fsp3) is 0.240. The molecule has 0 unspecified atom stereocenters. The Morgan fingerprint density at radius 3 is 2.34 bits per heavy atom. The van der Waals surface area contributed by atoms with Crippen molar-refractivity contribution in [2.75, 3.05) is 18.4 Å². The van der Waals surface area contributed by atoms with Gasteiger partial charge in [-0.1, -0.05) is 36.4 Å². The third-order valence-corrected chi connectivity index (χ3v) is 5.63. The van der Waals surface area contributed by atoms with Crippen molar-refractivity contribution >= 4 is 11.7 Å². The Balaban J connectivity index is 1.29. The number of piperidine rings is 1. The number of para-hydroxylation sites is 1. The molecule has 1 aliphatic rings. The van der Waals surface area contributed by atoms with Crippen molar-refractivity contribution in [3.8, 4) is 11.1 Å². The quantitative estimate of drug-likeness (QED) is 0.547. The molecule has 2 amide bonds. The second-order valence-corrected chi connectivity index (χ2v) is 7.96. The van der Waals surface area contributed by atoms with Gasteiger partial charge in [-0.25, -0.2) is 18.0 Å². The summed E-state index contributed by atoms with van der Waals surface area (Å²) in [6.07, 6.45) is 1.57. The number of benzene rings is 3. The fourth-order valence-corrected chi connectivity index (χ4v) is 3.92. The Bertz CT molecular complexity index is 1100. The number of nitrogens with zero attached hydrogens (tertiary/aromatic N) is 1. The van der Waals surface area contributed by atoms with Gasteiger partial charge in [0.2, 0.25) is 0 Å². The maximum atomic E-state index is 13.7. The standard InChI is InChI=1S/C25H24F3N3O/c26-21-9-8-19(15-23(21)28)18-5-3-4-17(14-18)16-31-12-10-20(11-13-31)29-25(32)30-24-7-2-1-6-22(24)27/h1-9,14-15,20H,10-13,16H2,(H2,29,30,32). The zero-order valence-electron chi connectivity index (χ0n) is 17.5. The van der Waals surface area contributed by atoms with Crippen LogP contribution in [-0.4, -0.2) is 30.1 Å². The highest BCUT2D eigenvalue weighted by atomic mass is 19.2. The van der Waals surface area contributed by atoms with Gasteiger partial charge < -0.3 is 10.6 Å². The van der Waals surface area contributed by atoms with Crippen molar-refractivity contribution in [2.45, 2.75) is 25.4 Å². The summed E-state index contributed by atoms with van der Waals surface area (Å²) in [5, 5.41) is 5.46. The second kappa shape index (κ2) is 9.87. The number of carbonyl (C=O) groups excluding carboxylic acids is 1. The predicted octanol–water partition coefficient (Wildman–Crippen LogP) is 5.56. The summed E-state index contributed by atoms with van der Waals surface area (Å²) in [6, 6.07) is 17.4. The van der Waals surface area contributed by atoms with Gasteiger partial charge in [-0.3, -0.25) is 4.90 Å². The molecule has 0 aromatic heterocycles. The largest absolute Gasteiger partial charge is 0.335 e. The molecule has 1 aliphatic heterocycles. The summed E-state index contributed by atoms with van der Waals surface area (Å²) in [4.78, 5) is 14.5. The number of rotatable bonds is 5. The number of nitrogens with one attached hydrogen (secondary N) is 2. The highest BCUT2D eigenvalue weighted by Gasteiger charge is 2.21. The second-order valence-electron chi connectivity index (χ2n) is 7.96. The Kier molecular flexibility index (Phi) is 6.75. The van der Waals surface area contributed by atoms with E-state index in [0.717, 1.165) is 49.7 Å². The van der Waals surface area contributed by atoms with Crippen LogP contribution in [0.5, 0.6) is 0 Å². The lowest BCUT2D eigenvalue weighted by Gasteiger charge is -2.32. The van der Waals surface area contributed by atoms with E-state index in [-0.39, 0.29) is 11.7 Å². The van der Waals surface area contributed by atoms with E-state index in [1.54, 1.807) is 18.2 Å². The number of anilines is 1. The van der Waals surface area contributed by atoms with Gasteiger partial charge in [0, 0.05) is 25.7 Å². The zero-order valence-corrected chi connectivity index (χ0v) is 17.5. The van der Waals surface area contributed by atoms with E-state index in [1.165, 1.54) is 18.2 Å². The summed E-state index contributed by atoms with van der Waals surface area (Å²) in [7, 11) is 0. The lowest BCUT2D eigenvalue weighted by Crippen LogP contribution is -2.45. The van der Waals surface area contributed by atoms with Crippen molar-refractivity contribution in [3.05, 3.63) is 89.7 Å². The van der Waals surface area contributed by atoms with Gasteiger partial charge in [0.25, 0.3) is 0 Å². The van der Waals surface area contributed by atoms with Crippen LogP contribution in [0.25, 0.3) is 11.1 Å². The Labute approximate surface area is 185 Å². The van der Waals surface area contributed by atoms with Gasteiger partial charge in [0.05, 0.1) is 5.69 Å². The molecular formula is C25H24F3N3O. The van der Waals surface area contributed by atoms with E-state index >= 15 is 0 Å². The number of carbonyl (C=O) groups is 1. The monoisotopic (exact) mass is 439 g/mol. The number of hydrogen-bond donors (Lipinski definition) is 2. The summed E-state index contributed by atoms with van der Waals surface area (Å²) in [5.74, 6) is -2.19. The average Bonchev–Trinajstić information content (AvgIpc) is 2.79. The highest BCUT2D eigenvalue weighted by Crippen LogP contribution is 2.24. The number of likely N-dealkylation sites (tertiary alicyclic amines) is 1. The van der Waals surface area contributed by atoms with Gasteiger partial charge in [0.15, 0.2) is 11.6 Å². The SMILES string of the molecule is O=C(Nc1ccccc1F)NC1CCN(Cc2cccc(-c3ccc(F)c(F)c3)c2)CC1. The van der Waals surface area contributed by atoms with Crippen molar-refractivity contribution in [3.63, 3.8) is 0 Å². The maximum Gasteiger partial charge on any atom is 0.319 e. The van der Waals surface area contributed by atoms with Crippen LogP contribution >= 0.6 is 0 Å². The molecule has 2 N–H and O–H groups in total. The molecule has 0 atom stereocenters. The summed E-state index contributed by atoms with van der Waals surface area (Å²) in [5.41, 5.74) is 2.71. The van der Waals surface area contributed by atoms with E-state index in [4.69, 9.17) is 0 Å². The van der Waals surface area contributed by atoms with Gasteiger partial charge in [-0.2, -0.15) is 0 Å². The number of amides is 2.